The van der Waals surface area contributed by atoms with Crippen LogP contribution in [0.5, 0.6) is 0 Å². The predicted octanol–water partition coefficient (Wildman–Crippen LogP) is 4.22. The number of aromatic nitrogens is 1. The Balaban J connectivity index is 2.16. The molecule has 0 aliphatic heterocycles. The summed E-state index contributed by atoms with van der Waals surface area (Å²) in [4.78, 5) is 16.0. The number of benzene rings is 1. The van der Waals surface area contributed by atoms with E-state index in [-0.39, 0.29) is 5.56 Å². The van der Waals surface area contributed by atoms with Crippen molar-refractivity contribution in [1.82, 2.24) is 4.98 Å². The minimum Gasteiger partial charge on any atom is -0.478 e. The maximum atomic E-state index is 10.9. The van der Waals surface area contributed by atoms with Crippen molar-refractivity contribution in [2.75, 3.05) is 0 Å². The summed E-state index contributed by atoms with van der Waals surface area (Å²) < 4.78 is 5.60. The molecule has 0 bridgehead atoms. The van der Waals surface area contributed by atoms with Crippen LogP contribution in [-0.4, -0.2) is 16.1 Å². The molecule has 0 fully saturated rings. The molecule has 0 radical (unpaired) electrons. The van der Waals surface area contributed by atoms with Gasteiger partial charge >= 0.3 is 5.97 Å². The normalized spacial score (nSPS) is 11.1. The van der Waals surface area contributed by atoms with Crippen LogP contribution >= 0.6 is 22.9 Å². The number of nitrogens with zero attached hydrogens (tertiary/aromatic N) is 1. The highest BCUT2D eigenvalue weighted by atomic mass is 35.5. The van der Waals surface area contributed by atoms with Crippen molar-refractivity contribution in [1.29, 1.82) is 0 Å². The summed E-state index contributed by atoms with van der Waals surface area (Å²) in [5.74, 6) is -0.572. The van der Waals surface area contributed by atoms with Gasteiger partial charge in [-0.15, -0.1) is 11.3 Å². The summed E-state index contributed by atoms with van der Waals surface area (Å²) in [5, 5.41) is 11.5. The van der Waals surface area contributed by atoms with Gasteiger partial charge in [0.05, 0.1) is 10.6 Å². The van der Waals surface area contributed by atoms with Crippen molar-refractivity contribution >= 4 is 40.0 Å². The molecule has 0 unspecified atom stereocenters. The third-order valence-corrected chi connectivity index (χ3v) is 4.41. The molecular formula is C13H8ClNO3S. The summed E-state index contributed by atoms with van der Waals surface area (Å²) >= 11 is 7.62. The summed E-state index contributed by atoms with van der Waals surface area (Å²) in [6, 6.07) is 4.57. The molecule has 19 heavy (non-hydrogen) atoms. The van der Waals surface area contributed by atoms with E-state index in [1.54, 1.807) is 6.07 Å². The number of rotatable bonds is 2. The molecule has 2 heterocycles. The number of aryl methyl sites for hydroxylation is 1. The fourth-order valence-corrected chi connectivity index (χ4v) is 2.93. The number of carboxylic acids is 1. The zero-order chi connectivity index (χ0) is 13.6. The lowest BCUT2D eigenvalue weighted by atomic mass is 10.2. The number of oxazole rings is 1. The van der Waals surface area contributed by atoms with Gasteiger partial charge in [-0.2, -0.15) is 0 Å². The Morgan fingerprint density at radius 2 is 2.26 bits per heavy atom. The first-order chi connectivity index (χ1) is 9.06. The summed E-state index contributed by atoms with van der Waals surface area (Å²) in [7, 11) is 0. The highest BCUT2D eigenvalue weighted by Gasteiger charge is 2.16. The molecule has 0 atom stereocenters. The number of carboxylic acid groups (broad SMARTS) is 1. The van der Waals surface area contributed by atoms with Crippen molar-refractivity contribution in [3.63, 3.8) is 0 Å². The molecule has 0 spiro atoms. The third-order valence-electron chi connectivity index (χ3n) is 2.73. The maximum absolute atomic E-state index is 10.9. The lowest BCUT2D eigenvalue weighted by molar-refractivity contribution is 0.0697. The number of halogens is 1. The zero-order valence-corrected chi connectivity index (χ0v) is 11.4. The molecule has 3 rings (SSSR count). The molecule has 0 amide bonds. The third kappa shape index (κ3) is 2.01. The fourth-order valence-electron chi connectivity index (χ4n) is 1.73. The standard InChI is InChI=1S/C13H8ClNO3S/c1-6-5-19-11(10(6)14)12-15-8-4-7(13(16)17)2-3-9(8)18-12/h2-5H,1H3,(H,16,17). The van der Waals surface area contributed by atoms with E-state index in [1.807, 2.05) is 12.3 Å². The summed E-state index contributed by atoms with van der Waals surface area (Å²) in [6.07, 6.45) is 0. The fraction of sp³-hybridized carbons (Fsp3) is 0.0769. The van der Waals surface area contributed by atoms with Gasteiger partial charge in [0.1, 0.15) is 10.4 Å². The van der Waals surface area contributed by atoms with Gasteiger partial charge in [0.2, 0.25) is 5.89 Å². The van der Waals surface area contributed by atoms with Gasteiger partial charge in [-0.05, 0) is 36.1 Å². The Morgan fingerprint density at radius 3 is 2.89 bits per heavy atom. The first kappa shape index (κ1) is 12.2. The first-order valence-electron chi connectivity index (χ1n) is 5.44. The van der Waals surface area contributed by atoms with Crippen molar-refractivity contribution < 1.29 is 14.3 Å². The smallest absolute Gasteiger partial charge is 0.335 e. The monoisotopic (exact) mass is 293 g/mol. The molecule has 1 N–H and O–H groups in total. The Kier molecular flexibility index (Phi) is 2.80. The second kappa shape index (κ2) is 4.36. The molecule has 6 heteroatoms. The second-order valence-corrected chi connectivity index (χ2v) is 5.33. The SMILES string of the molecule is Cc1csc(-c2nc3cc(C(=O)O)ccc3o2)c1Cl. The Hall–Kier alpha value is -1.85. The van der Waals surface area contributed by atoms with Crippen molar-refractivity contribution in [3.8, 4) is 10.8 Å². The van der Waals surface area contributed by atoms with E-state index in [9.17, 15) is 4.79 Å². The van der Waals surface area contributed by atoms with Crippen LogP contribution in [0.25, 0.3) is 21.9 Å². The molecular weight excluding hydrogens is 286 g/mol. The predicted molar refractivity (Wildman–Crippen MR) is 74.0 cm³/mol. The van der Waals surface area contributed by atoms with Crippen LogP contribution in [0, 0.1) is 6.92 Å². The average Bonchev–Trinajstić information content (AvgIpc) is 2.93. The molecule has 3 aromatic rings. The molecule has 2 aromatic heterocycles. The van der Waals surface area contributed by atoms with Gasteiger partial charge in [0.15, 0.2) is 5.58 Å². The van der Waals surface area contributed by atoms with Crippen LogP contribution in [0.2, 0.25) is 5.02 Å². The molecule has 0 aliphatic rings. The van der Waals surface area contributed by atoms with Crippen molar-refractivity contribution in [2.24, 2.45) is 0 Å². The largest absolute Gasteiger partial charge is 0.478 e. The van der Waals surface area contributed by atoms with E-state index in [0.29, 0.717) is 22.0 Å². The van der Waals surface area contributed by atoms with Crippen LogP contribution < -0.4 is 0 Å². The van der Waals surface area contributed by atoms with Gasteiger partial charge in [0.25, 0.3) is 0 Å². The minimum atomic E-state index is -0.989. The van der Waals surface area contributed by atoms with Crippen LogP contribution in [0.1, 0.15) is 15.9 Å². The quantitative estimate of drug-likeness (QED) is 0.768. The minimum absolute atomic E-state index is 0.181. The first-order valence-corrected chi connectivity index (χ1v) is 6.70. The zero-order valence-electron chi connectivity index (χ0n) is 9.81. The van der Waals surface area contributed by atoms with Gasteiger partial charge in [-0.3, -0.25) is 0 Å². The van der Waals surface area contributed by atoms with Gasteiger partial charge in [-0.25, -0.2) is 9.78 Å². The van der Waals surface area contributed by atoms with E-state index >= 15 is 0 Å². The Morgan fingerprint density at radius 1 is 1.47 bits per heavy atom. The van der Waals surface area contributed by atoms with Crippen LogP contribution in [0.4, 0.5) is 0 Å². The number of fused-ring (bicyclic) bond motifs is 1. The molecule has 0 aliphatic carbocycles. The van der Waals surface area contributed by atoms with Gasteiger partial charge in [0, 0.05) is 0 Å². The lowest BCUT2D eigenvalue weighted by Gasteiger charge is -1.91. The maximum Gasteiger partial charge on any atom is 0.335 e. The summed E-state index contributed by atoms with van der Waals surface area (Å²) in [5.41, 5.74) is 2.20. The summed E-state index contributed by atoms with van der Waals surface area (Å²) in [6.45, 7) is 1.91. The van der Waals surface area contributed by atoms with Crippen LogP contribution in [-0.2, 0) is 0 Å². The molecule has 0 saturated carbocycles. The Labute approximate surface area is 117 Å². The number of hydrogen-bond acceptors (Lipinski definition) is 4. The van der Waals surface area contributed by atoms with Gasteiger partial charge < -0.3 is 9.52 Å². The highest BCUT2D eigenvalue weighted by molar-refractivity contribution is 7.14. The molecule has 96 valence electrons. The second-order valence-electron chi connectivity index (χ2n) is 4.07. The molecule has 0 saturated heterocycles. The van der Waals surface area contributed by atoms with Crippen molar-refractivity contribution in [3.05, 3.63) is 39.7 Å². The van der Waals surface area contributed by atoms with E-state index in [2.05, 4.69) is 4.98 Å². The van der Waals surface area contributed by atoms with Crippen LogP contribution in [0.3, 0.4) is 0 Å². The highest BCUT2D eigenvalue weighted by Crippen LogP contribution is 2.37. The number of aromatic carboxylic acids is 1. The van der Waals surface area contributed by atoms with E-state index in [0.717, 1.165) is 10.4 Å². The van der Waals surface area contributed by atoms with E-state index in [1.165, 1.54) is 23.5 Å². The molecule has 4 nitrogen and oxygen atoms in total. The van der Waals surface area contributed by atoms with Crippen molar-refractivity contribution in [2.45, 2.75) is 6.92 Å². The lowest BCUT2D eigenvalue weighted by Crippen LogP contribution is -1.94. The van der Waals surface area contributed by atoms with Crippen LogP contribution in [0.15, 0.2) is 28.0 Å². The van der Waals surface area contributed by atoms with Gasteiger partial charge in [-0.1, -0.05) is 11.6 Å². The molecule has 1 aromatic carbocycles. The van der Waals surface area contributed by atoms with E-state index in [4.69, 9.17) is 21.1 Å². The number of carbonyl (C=O) groups is 1. The van der Waals surface area contributed by atoms with E-state index < -0.39 is 5.97 Å². The Bertz CT molecular complexity index is 790. The topological polar surface area (TPSA) is 63.3 Å². The average molecular weight is 294 g/mol. The number of thiophene rings is 1. The number of hydrogen-bond donors (Lipinski definition) is 1.